The van der Waals surface area contributed by atoms with E-state index in [1.165, 1.54) is 0 Å². The zero-order valence-corrected chi connectivity index (χ0v) is 13.9. The van der Waals surface area contributed by atoms with Crippen molar-refractivity contribution in [2.24, 2.45) is 0 Å². The van der Waals surface area contributed by atoms with E-state index < -0.39 is 0 Å². The van der Waals surface area contributed by atoms with Crippen LogP contribution in [0.4, 0.5) is 5.82 Å². The molecule has 0 saturated heterocycles. The summed E-state index contributed by atoms with van der Waals surface area (Å²) in [5.41, 5.74) is 4.21. The van der Waals surface area contributed by atoms with E-state index >= 15 is 0 Å². The van der Waals surface area contributed by atoms with E-state index in [-0.39, 0.29) is 12.5 Å². The predicted molar refractivity (Wildman–Crippen MR) is 95.2 cm³/mol. The Hall–Kier alpha value is -3.35. The van der Waals surface area contributed by atoms with Gasteiger partial charge in [0.1, 0.15) is 17.9 Å². The van der Waals surface area contributed by atoms with Crippen molar-refractivity contribution in [1.29, 1.82) is 0 Å². The molecule has 0 radical (unpaired) electrons. The number of benzene rings is 1. The average molecular weight is 332 g/mol. The van der Waals surface area contributed by atoms with Crippen molar-refractivity contribution < 1.29 is 4.79 Å². The van der Waals surface area contributed by atoms with Crippen LogP contribution in [0.25, 0.3) is 22.1 Å². The number of carbonyl (C=O) groups is 1. The van der Waals surface area contributed by atoms with Crippen LogP contribution in [-0.2, 0) is 11.3 Å². The van der Waals surface area contributed by atoms with Crippen molar-refractivity contribution in [3.63, 3.8) is 0 Å². The van der Waals surface area contributed by atoms with Crippen LogP contribution in [0.2, 0.25) is 0 Å². The summed E-state index contributed by atoms with van der Waals surface area (Å²) in [4.78, 5) is 21.2. The normalized spacial score (nSPS) is 11.1. The van der Waals surface area contributed by atoms with Crippen molar-refractivity contribution in [3.8, 4) is 0 Å². The number of hydrogen-bond donors (Lipinski definition) is 1. The highest BCUT2D eigenvalue weighted by Gasteiger charge is 2.10. The number of pyridine rings is 2. The molecule has 7 heteroatoms. The Bertz CT molecular complexity index is 1100. The van der Waals surface area contributed by atoms with Crippen LogP contribution < -0.4 is 5.32 Å². The minimum Gasteiger partial charge on any atom is -0.309 e. The molecule has 1 aromatic carbocycles. The summed E-state index contributed by atoms with van der Waals surface area (Å²) in [5, 5.41) is 11.8. The van der Waals surface area contributed by atoms with E-state index in [1.807, 2.05) is 50.2 Å². The summed E-state index contributed by atoms with van der Waals surface area (Å²) in [6.45, 7) is 4.02. The van der Waals surface area contributed by atoms with E-state index in [0.717, 1.165) is 27.7 Å². The fraction of sp³-hybridized carbons (Fsp3) is 0.167. The largest absolute Gasteiger partial charge is 0.309 e. The number of aromatic nitrogens is 5. The molecule has 0 saturated carbocycles. The number of rotatable bonds is 3. The lowest BCUT2D eigenvalue weighted by atomic mass is 10.1. The van der Waals surface area contributed by atoms with Gasteiger partial charge in [-0.05, 0) is 49.7 Å². The fourth-order valence-electron chi connectivity index (χ4n) is 2.85. The van der Waals surface area contributed by atoms with Gasteiger partial charge >= 0.3 is 0 Å². The minimum atomic E-state index is -0.216. The first-order valence-corrected chi connectivity index (χ1v) is 7.93. The highest BCUT2D eigenvalue weighted by molar-refractivity contribution is 5.92. The van der Waals surface area contributed by atoms with Gasteiger partial charge in [-0.1, -0.05) is 17.3 Å². The lowest BCUT2D eigenvalue weighted by molar-refractivity contribution is -0.116. The van der Waals surface area contributed by atoms with Crippen LogP contribution in [0.5, 0.6) is 0 Å². The maximum absolute atomic E-state index is 12.3. The molecular weight excluding hydrogens is 316 g/mol. The molecule has 0 atom stereocenters. The molecule has 3 aromatic heterocycles. The van der Waals surface area contributed by atoms with Crippen LogP contribution in [0.3, 0.4) is 0 Å². The Morgan fingerprint density at radius 1 is 1.12 bits per heavy atom. The second-order valence-electron chi connectivity index (χ2n) is 5.93. The third kappa shape index (κ3) is 2.91. The number of anilines is 1. The van der Waals surface area contributed by atoms with Crippen LogP contribution in [-0.4, -0.2) is 30.9 Å². The smallest absolute Gasteiger partial charge is 0.247 e. The molecule has 25 heavy (non-hydrogen) atoms. The zero-order chi connectivity index (χ0) is 17.4. The molecule has 0 aliphatic rings. The van der Waals surface area contributed by atoms with Crippen LogP contribution in [0.15, 0.2) is 42.5 Å². The van der Waals surface area contributed by atoms with Gasteiger partial charge in [-0.25, -0.2) is 14.6 Å². The van der Waals surface area contributed by atoms with Crippen molar-refractivity contribution >= 4 is 33.8 Å². The molecule has 0 aliphatic heterocycles. The Morgan fingerprint density at radius 2 is 1.96 bits per heavy atom. The first-order chi connectivity index (χ1) is 12.1. The minimum absolute atomic E-state index is 0.0699. The second kappa shape index (κ2) is 5.94. The van der Waals surface area contributed by atoms with Gasteiger partial charge in [-0.3, -0.25) is 4.79 Å². The lowest BCUT2D eigenvalue weighted by Crippen LogP contribution is -2.20. The van der Waals surface area contributed by atoms with Crippen LogP contribution in [0, 0.1) is 13.8 Å². The van der Waals surface area contributed by atoms with Gasteiger partial charge in [0.2, 0.25) is 5.91 Å². The third-order valence-corrected chi connectivity index (χ3v) is 3.99. The molecule has 0 fully saturated rings. The summed E-state index contributed by atoms with van der Waals surface area (Å²) in [7, 11) is 0. The lowest BCUT2D eigenvalue weighted by Gasteiger charge is -2.07. The van der Waals surface area contributed by atoms with E-state index in [2.05, 4.69) is 25.6 Å². The second-order valence-corrected chi connectivity index (χ2v) is 5.93. The van der Waals surface area contributed by atoms with Gasteiger partial charge < -0.3 is 5.32 Å². The van der Waals surface area contributed by atoms with Crippen molar-refractivity contribution in [2.45, 2.75) is 20.4 Å². The molecular formula is C18H16N6O. The van der Waals surface area contributed by atoms with Gasteiger partial charge in [0.25, 0.3) is 0 Å². The predicted octanol–water partition coefficient (Wildman–Crippen LogP) is 2.63. The molecule has 4 rings (SSSR count). The molecule has 124 valence electrons. The number of hydrogen-bond acceptors (Lipinski definition) is 5. The molecule has 4 aromatic rings. The monoisotopic (exact) mass is 332 g/mol. The van der Waals surface area contributed by atoms with Crippen molar-refractivity contribution in [3.05, 3.63) is 53.7 Å². The maximum atomic E-state index is 12.3. The van der Waals surface area contributed by atoms with E-state index in [0.29, 0.717) is 11.5 Å². The first kappa shape index (κ1) is 15.2. The molecule has 1 amide bonds. The number of nitrogens with zero attached hydrogens (tertiary/aromatic N) is 5. The SMILES string of the molecule is Cc1cc(C)c2ccc(NC(=O)Cn3nnc4ccccc43)nc2n1. The number of nitrogens with one attached hydrogen (secondary N) is 1. The van der Waals surface area contributed by atoms with Gasteiger partial charge in [0, 0.05) is 11.1 Å². The molecule has 3 heterocycles. The van der Waals surface area contributed by atoms with Crippen molar-refractivity contribution in [1.82, 2.24) is 25.0 Å². The zero-order valence-electron chi connectivity index (χ0n) is 13.9. The number of amides is 1. The Kier molecular flexibility index (Phi) is 3.61. The third-order valence-electron chi connectivity index (χ3n) is 3.99. The quantitative estimate of drug-likeness (QED) is 0.623. The topological polar surface area (TPSA) is 85.6 Å². The number of carbonyl (C=O) groups excluding carboxylic acids is 1. The summed E-state index contributed by atoms with van der Waals surface area (Å²) in [5.74, 6) is 0.256. The van der Waals surface area contributed by atoms with Crippen LogP contribution in [0.1, 0.15) is 11.3 Å². The van der Waals surface area contributed by atoms with Gasteiger partial charge in [-0.15, -0.1) is 5.10 Å². The van der Waals surface area contributed by atoms with Gasteiger partial charge in [0.05, 0.1) is 5.52 Å². The Labute approximate surface area is 143 Å². The highest BCUT2D eigenvalue weighted by Crippen LogP contribution is 2.18. The molecule has 0 bridgehead atoms. The van der Waals surface area contributed by atoms with E-state index in [9.17, 15) is 4.79 Å². The average Bonchev–Trinajstić information content (AvgIpc) is 2.97. The number of aryl methyl sites for hydroxylation is 2. The molecule has 1 N–H and O–H groups in total. The summed E-state index contributed by atoms with van der Waals surface area (Å²) in [6.07, 6.45) is 0. The van der Waals surface area contributed by atoms with E-state index in [4.69, 9.17) is 0 Å². The highest BCUT2D eigenvalue weighted by atomic mass is 16.2. The van der Waals surface area contributed by atoms with Crippen molar-refractivity contribution in [2.75, 3.05) is 5.32 Å². The molecule has 0 spiro atoms. The molecule has 7 nitrogen and oxygen atoms in total. The fourth-order valence-corrected chi connectivity index (χ4v) is 2.85. The number of fused-ring (bicyclic) bond motifs is 2. The number of para-hydroxylation sites is 1. The summed E-state index contributed by atoms with van der Waals surface area (Å²) < 4.78 is 1.57. The maximum Gasteiger partial charge on any atom is 0.247 e. The first-order valence-electron chi connectivity index (χ1n) is 7.93. The van der Waals surface area contributed by atoms with Gasteiger partial charge in [0.15, 0.2) is 5.65 Å². The Balaban J connectivity index is 1.57. The van der Waals surface area contributed by atoms with Gasteiger partial charge in [-0.2, -0.15) is 0 Å². The molecule has 0 unspecified atom stereocenters. The van der Waals surface area contributed by atoms with Crippen LogP contribution >= 0.6 is 0 Å². The summed E-state index contributed by atoms with van der Waals surface area (Å²) in [6, 6.07) is 13.2. The standard InChI is InChI=1S/C18H16N6O/c1-11-9-12(2)19-18-13(11)7-8-16(21-18)20-17(25)10-24-15-6-4-3-5-14(15)22-23-24/h3-9H,10H2,1-2H3,(H,19,20,21,25). The summed E-state index contributed by atoms with van der Waals surface area (Å²) >= 11 is 0. The molecule has 0 aliphatic carbocycles. The van der Waals surface area contributed by atoms with E-state index in [1.54, 1.807) is 10.7 Å². The Morgan fingerprint density at radius 3 is 2.84 bits per heavy atom.